The highest BCUT2D eigenvalue weighted by Gasteiger charge is 2.33. The summed E-state index contributed by atoms with van der Waals surface area (Å²) < 4.78 is 0.957. The van der Waals surface area contributed by atoms with Gasteiger partial charge in [-0.15, -0.1) is 0 Å². The number of carbonyl (C=O) groups is 3. The Morgan fingerprint density at radius 1 is 0.897 bits per heavy atom. The van der Waals surface area contributed by atoms with Gasteiger partial charge in [-0.25, -0.2) is 4.99 Å². The fourth-order valence-electron chi connectivity index (χ4n) is 4.45. The summed E-state index contributed by atoms with van der Waals surface area (Å²) in [6.45, 7) is 4.20. The molecule has 2 amide bonds. The molecule has 0 spiro atoms. The maximum atomic E-state index is 13.4. The van der Waals surface area contributed by atoms with Crippen LogP contribution >= 0.6 is 27.7 Å². The summed E-state index contributed by atoms with van der Waals surface area (Å²) in [5, 5.41) is 0.493. The lowest BCUT2D eigenvalue weighted by Gasteiger charge is -2.36. The number of anilines is 2. The molecule has 198 valence electrons. The molecule has 0 N–H and O–H groups in total. The van der Waals surface area contributed by atoms with E-state index in [9.17, 15) is 14.4 Å². The molecule has 1 fully saturated rings. The molecule has 0 aromatic heterocycles. The van der Waals surface area contributed by atoms with Crippen LogP contribution in [0.25, 0.3) is 6.08 Å². The van der Waals surface area contributed by atoms with E-state index < -0.39 is 0 Å². The van der Waals surface area contributed by atoms with E-state index in [1.54, 1.807) is 17.9 Å². The van der Waals surface area contributed by atoms with Crippen molar-refractivity contribution in [1.29, 1.82) is 0 Å². The van der Waals surface area contributed by atoms with Gasteiger partial charge in [0.1, 0.15) is 5.70 Å². The maximum absolute atomic E-state index is 13.4. The number of hydrogen-bond donors (Lipinski definition) is 0. The van der Waals surface area contributed by atoms with Gasteiger partial charge in [0.15, 0.2) is 11.0 Å². The molecule has 3 aromatic carbocycles. The van der Waals surface area contributed by atoms with E-state index in [4.69, 9.17) is 0 Å². The number of nitrogens with zero attached hydrogens (tertiary/aromatic N) is 4. The number of amidine groups is 1. The predicted molar refractivity (Wildman–Crippen MR) is 161 cm³/mol. The molecule has 2 aliphatic rings. The quantitative estimate of drug-likeness (QED) is 0.276. The third kappa shape index (κ3) is 6.32. The Kier molecular flexibility index (Phi) is 8.28. The van der Waals surface area contributed by atoms with Crippen LogP contribution in [0, 0.1) is 0 Å². The Bertz CT molecular complexity index is 1430. The second-order valence-electron chi connectivity index (χ2n) is 9.21. The number of para-hydroxylation sites is 1. The van der Waals surface area contributed by atoms with Gasteiger partial charge < -0.3 is 9.80 Å². The van der Waals surface area contributed by atoms with Crippen LogP contribution in [0.1, 0.15) is 22.8 Å². The number of amides is 2. The Hall–Kier alpha value is -3.69. The van der Waals surface area contributed by atoms with E-state index in [-0.39, 0.29) is 23.4 Å². The highest BCUT2D eigenvalue weighted by molar-refractivity contribution is 9.10. The highest BCUT2D eigenvalue weighted by Crippen LogP contribution is 2.30. The lowest BCUT2D eigenvalue weighted by Crippen LogP contribution is -2.49. The van der Waals surface area contributed by atoms with Gasteiger partial charge in [0.05, 0.1) is 11.4 Å². The maximum Gasteiger partial charge on any atom is 0.283 e. The Labute approximate surface area is 240 Å². The largest absolute Gasteiger partial charge is 0.368 e. The number of rotatable bonds is 6. The summed E-state index contributed by atoms with van der Waals surface area (Å²) in [6.07, 6.45) is 1.77. The normalized spacial score (nSPS) is 16.6. The van der Waals surface area contributed by atoms with Crippen LogP contribution in [0.3, 0.4) is 0 Å². The molecule has 7 nitrogen and oxygen atoms in total. The Morgan fingerprint density at radius 3 is 2.21 bits per heavy atom. The van der Waals surface area contributed by atoms with Crippen molar-refractivity contribution in [2.45, 2.75) is 6.92 Å². The number of hydrogen-bond acceptors (Lipinski definition) is 6. The van der Waals surface area contributed by atoms with Crippen LogP contribution in [0.5, 0.6) is 0 Å². The SMILES string of the molecule is CC(=O)c1ccc(N2CCN(C(=O)CSC3=N/C(=C/c4ccc(Br)cc4)C(=O)N3c3ccccc3)CC2)cc1. The van der Waals surface area contributed by atoms with Gasteiger partial charge in [0.2, 0.25) is 5.91 Å². The van der Waals surface area contributed by atoms with Crippen LogP contribution in [0.2, 0.25) is 0 Å². The van der Waals surface area contributed by atoms with E-state index >= 15 is 0 Å². The molecule has 0 bridgehead atoms. The molecule has 2 heterocycles. The summed E-state index contributed by atoms with van der Waals surface area (Å²) in [7, 11) is 0. The first kappa shape index (κ1) is 26.9. The van der Waals surface area contributed by atoms with E-state index in [2.05, 4.69) is 25.8 Å². The van der Waals surface area contributed by atoms with E-state index in [0.717, 1.165) is 15.7 Å². The number of thioether (sulfide) groups is 1. The third-order valence-corrected chi connectivity index (χ3v) is 8.07. The van der Waals surface area contributed by atoms with Crippen molar-refractivity contribution in [3.05, 3.63) is 100 Å². The minimum Gasteiger partial charge on any atom is -0.368 e. The molecule has 1 saturated heterocycles. The standard InChI is InChI=1S/C30H27BrN4O3S/c1-21(36)23-9-13-25(14-10-23)33-15-17-34(18-16-33)28(37)20-39-30-32-27(19-22-7-11-24(31)12-8-22)29(38)35(30)26-5-3-2-4-6-26/h2-14,19H,15-18,20H2,1H3/b27-19+. The molecule has 0 unspecified atom stereocenters. The van der Waals surface area contributed by atoms with Crippen molar-refractivity contribution in [2.24, 2.45) is 4.99 Å². The fraction of sp³-hybridized carbons (Fsp3) is 0.200. The molecule has 3 aromatic rings. The monoisotopic (exact) mass is 602 g/mol. The molecule has 5 rings (SSSR count). The predicted octanol–water partition coefficient (Wildman–Crippen LogP) is 5.48. The zero-order valence-electron chi connectivity index (χ0n) is 21.4. The topological polar surface area (TPSA) is 73.3 Å². The fourth-order valence-corrected chi connectivity index (χ4v) is 5.63. The van der Waals surface area contributed by atoms with Crippen LogP contribution < -0.4 is 9.80 Å². The van der Waals surface area contributed by atoms with Crippen LogP contribution in [-0.2, 0) is 9.59 Å². The van der Waals surface area contributed by atoms with E-state index in [1.165, 1.54) is 11.8 Å². The van der Waals surface area contributed by atoms with Crippen molar-refractivity contribution in [3.63, 3.8) is 0 Å². The zero-order chi connectivity index (χ0) is 27.4. The smallest absolute Gasteiger partial charge is 0.283 e. The van der Waals surface area contributed by atoms with Gasteiger partial charge in [-0.05, 0) is 67.1 Å². The molecule has 0 radical (unpaired) electrons. The van der Waals surface area contributed by atoms with Crippen LogP contribution in [0.15, 0.2) is 94.0 Å². The number of halogens is 1. The van der Waals surface area contributed by atoms with E-state index in [1.807, 2.05) is 83.8 Å². The minimum atomic E-state index is -0.219. The number of ketones is 1. The van der Waals surface area contributed by atoms with Crippen LogP contribution in [0.4, 0.5) is 11.4 Å². The molecule has 0 atom stereocenters. The Morgan fingerprint density at radius 2 is 1.56 bits per heavy atom. The first-order valence-electron chi connectivity index (χ1n) is 12.6. The third-order valence-electron chi connectivity index (χ3n) is 6.61. The van der Waals surface area contributed by atoms with Gasteiger partial charge in [-0.3, -0.25) is 19.3 Å². The first-order valence-corrected chi connectivity index (χ1v) is 14.4. The first-order chi connectivity index (χ1) is 18.9. The summed E-state index contributed by atoms with van der Waals surface area (Å²) in [5.41, 5.74) is 3.65. The summed E-state index contributed by atoms with van der Waals surface area (Å²) >= 11 is 4.71. The van der Waals surface area contributed by atoms with Gasteiger partial charge in [0, 0.05) is 41.9 Å². The van der Waals surface area contributed by atoms with Crippen molar-refractivity contribution in [3.8, 4) is 0 Å². The van der Waals surface area contributed by atoms with Gasteiger partial charge in [0.25, 0.3) is 5.91 Å². The molecule has 0 saturated carbocycles. The lowest BCUT2D eigenvalue weighted by molar-refractivity contribution is -0.128. The van der Waals surface area contributed by atoms with Crippen molar-refractivity contribution >= 4 is 67.9 Å². The average Bonchev–Trinajstić information content (AvgIpc) is 3.27. The number of Topliss-reactive ketones (excluding diaryl/α,β-unsaturated/α-hetero) is 1. The van der Waals surface area contributed by atoms with Crippen molar-refractivity contribution < 1.29 is 14.4 Å². The van der Waals surface area contributed by atoms with Crippen molar-refractivity contribution in [1.82, 2.24) is 4.90 Å². The second-order valence-corrected chi connectivity index (χ2v) is 11.1. The molecular weight excluding hydrogens is 576 g/mol. The van der Waals surface area contributed by atoms with Crippen molar-refractivity contribution in [2.75, 3.05) is 41.7 Å². The minimum absolute atomic E-state index is 0.0140. The zero-order valence-corrected chi connectivity index (χ0v) is 23.8. The molecule has 0 aliphatic carbocycles. The van der Waals surface area contributed by atoms with Crippen LogP contribution in [-0.4, -0.2) is 59.6 Å². The van der Waals surface area contributed by atoms with Gasteiger partial charge >= 0.3 is 0 Å². The average molecular weight is 604 g/mol. The Balaban J connectivity index is 1.25. The highest BCUT2D eigenvalue weighted by atomic mass is 79.9. The van der Waals surface area contributed by atoms with Gasteiger partial charge in [-0.1, -0.05) is 58.0 Å². The number of aliphatic imine (C=N–C) groups is 1. The number of benzene rings is 3. The molecule has 2 aliphatic heterocycles. The summed E-state index contributed by atoms with van der Waals surface area (Å²) in [5.74, 6) is 0.0299. The molecular formula is C30H27BrN4O3S. The molecule has 9 heteroatoms. The molecule has 39 heavy (non-hydrogen) atoms. The lowest BCUT2D eigenvalue weighted by atomic mass is 10.1. The summed E-state index contributed by atoms with van der Waals surface area (Å²) in [4.78, 5) is 48.3. The van der Waals surface area contributed by atoms with Gasteiger partial charge in [-0.2, -0.15) is 0 Å². The summed E-state index contributed by atoms with van der Waals surface area (Å²) in [6, 6.07) is 24.6. The number of carbonyl (C=O) groups excluding carboxylic acids is 3. The van der Waals surface area contributed by atoms with E-state index in [0.29, 0.717) is 48.3 Å². The second kappa shape index (κ2) is 12.0. The number of piperazine rings is 1.